The van der Waals surface area contributed by atoms with Gasteiger partial charge in [-0.05, 0) is 121 Å². The highest BCUT2D eigenvalue weighted by Gasteiger charge is 2.51. The molecule has 0 saturated carbocycles. The number of rotatable bonds is 10. The second kappa shape index (κ2) is 20.0. The fourth-order valence-corrected chi connectivity index (χ4v) is 6.43. The third kappa shape index (κ3) is 13.7. The molecule has 0 unspecified atom stereocenters. The van der Waals surface area contributed by atoms with Crippen molar-refractivity contribution in [1.29, 1.82) is 0 Å². The molecular weight excluding hydrogens is 942 g/mol. The first-order valence-corrected chi connectivity index (χ1v) is 19.8. The van der Waals surface area contributed by atoms with Gasteiger partial charge in [-0.2, -0.15) is 31.4 Å². The fourth-order valence-electron chi connectivity index (χ4n) is 5.72. The summed E-state index contributed by atoms with van der Waals surface area (Å²) in [7, 11) is -0.535. The summed E-state index contributed by atoms with van der Waals surface area (Å²) >= 11 is 2.12. The molecule has 330 valence electrons. The van der Waals surface area contributed by atoms with Gasteiger partial charge in [-0.25, -0.2) is 18.1 Å². The first-order chi connectivity index (χ1) is 29.0. The topological polar surface area (TPSA) is 125 Å². The van der Waals surface area contributed by atoms with Crippen molar-refractivity contribution in [2.75, 3.05) is 24.7 Å². The Labute approximate surface area is 366 Å². The van der Waals surface area contributed by atoms with Crippen LogP contribution in [0.1, 0.15) is 38.8 Å². The van der Waals surface area contributed by atoms with Crippen molar-refractivity contribution in [3.8, 4) is 22.6 Å². The lowest BCUT2D eigenvalue weighted by atomic mass is 9.78. The van der Waals surface area contributed by atoms with Gasteiger partial charge in [0.2, 0.25) is 0 Å². The zero-order chi connectivity index (χ0) is 45.5. The monoisotopic (exact) mass is 984 g/mol. The minimum atomic E-state index is -4.37. The lowest BCUT2D eigenvalue weighted by molar-refractivity contribution is -0.177. The van der Waals surface area contributed by atoms with Crippen molar-refractivity contribution in [3.63, 3.8) is 0 Å². The molecule has 6 aromatic rings. The molecule has 2 aromatic heterocycles. The summed E-state index contributed by atoms with van der Waals surface area (Å²) in [6, 6.07) is 29.1. The number of nitrogens with zero attached hydrogens (tertiary/aromatic N) is 4. The average molecular weight is 985 g/mol. The van der Waals surface area contributed by atoms with Crippen molar-refractivity contribution >= 4 is 46.8 Å². The van der Waals surface area contributed by atoms with E-state index in [-0.39, 0.29) is 30.7 Å². The maximum Gasteiger partial charge on any atom is 0.494 e. The highest BCUT2D eigenvalue weighted by molar-refractivity contribution is 14.1. The van der Waals surface area contributed by atoms with Crippen molar-refractivity contribution in [2.24, 2.45) is 0 Å². The summed E-state index contributed by atoms with van der Waals surface area (Å²) in [5.74, 6) is 0.0879. The summed E-state index contributed by atoms with van der Waals surface area (Å²) in [4.78, 5) is 0. The van der Waals surface area contributed by atoms with E-state index in [1.54, 1.807) is 88.2 Å². The Kier molecular flexibility index (Phi) is 15.5. The number of nitrogens with two attached hydrogens (primary N) is 2. The lowest BCUT2D eigenvalue weighted by Crippen LogP contribution is -2.41. The molecule has 1 aliphatic heterocycles. The summed E-state index contributed by atoms with van der Waals surface area (Å²) in [6.07, 6.45) is -8.68. The van der Waals surface area contributed by atoms with E-state index in [0.29, 0.717) is 33.9 Å². The van der Waals surface area contributed by atoms with Gasteiger partial charge >= 0.3 is 19.5 Å². The maximum atomic E-state index is 13.1. The zero-order valence-corrected chi connectivity index (χ0v) is 35.9. The van der Waals surface area contributed by atoms with E-state index in [0.717, 1.165) is 14.9 Å². The van der Waals surface area contributed by atoms with Gasteiger partial charge in [0.25, 0.3) is 0 Å². The van der Waals surface area contributed by atoms with Gasteiger partial charge in [-0.1, -0.05) is 42.5 Å². The van der Waals surface area contributed by atoms with Crippen LogP contribution in [-0.4, -0.2) is 63.4 Å². The Bertz CT molecular complexity index is 2370. The van der Waals surface area contributed by atoms with Crippen molar-refractivity contribution in [2.45, 2.75) is 64.5 Å². The summed E-state index contributed by atoms with van der Waals surface area (Å²) in [5, 5.41) is 8.28. The van der Waals surface area contributed by atoms with Gasteiger partial charge in [-0.15, -0.1) is 5.10 Å². The molecule has 20 heteroatoms. The number of halogens is 9. The molecule has 3 heterocycles. The molecular formula is C42H42BF8IN6O4. The molecule has 10 nitrogen and oxygen atoms in total. The Morgan fingerprint density at radius 2 is 1.08 bits per heavy atom. The summed E-state index contributed by atoms with van der Waals surface area (Å²) in [6.45, 7) is 4.95. The molecule has 7 rings (SSSR count). The highest BCUT2D eigenvalue weighted by atomic mass is 127. The third-order valence-electron chi connectivity index (χ3n) is 9.32. The van der Waals surface area contributed by atoms with Gasteiger partial charge in [0.1, 0.15) is 40.2 Å². The number of anilines is 2. The van der Waals surface area contributed by atoms with Gasteiger partial charge < -0.3 is 30.2 Å². The Hall–Kier alpha value is -5.03. The Morgan fingerprint density at radius 3 is 1.56 bits per heavy atom. The van der Waals surface area contributed by atoms with Crippen LogP contribution in [0.15, 0.2) is 109 Å². The molecule has 1 fully saturated rings. The molecule has 4 N–H and O–H groups in total. The second-order valence-corrected chi connectivity index (χ2v) is 16.0. The number of hydrogen-bond donors (Lipinski definition) is 2. The third-order valence-corrected chi connectivity index (χ3v) is 10.1. The standard InChI is InChI=1S/C18H15F4N3O.C15H20BF3O3.C9H7FIN3/c19-14-4-6-15(7-5-14)25-16(9-17(23)24-25)13-3-1-2-12(8-13)10-26-11-18(20,21)22;1-13(2)14(3,4)22-16(21-13)12-7-5-6-11(8-12)9-20-10-15(17,18)19;10-6-1-3-7(4-2-6)14-8(11)5-9(12)13-14/h1-9H,10-11H2,(H2,23,24);5-8H,9-10H2,1-4H3;1-5H,(H2,12,13). The van der Waals surface area contributed by atoms with Crippen molar-refractivity contribution in [1.82, 2.24) is 19.6 Å². The first-order valence-electron chi connectivity index (χ1n) is 18.7. The van der Waals surface area contributed by atoms with Crippen LogP contribution < -0.4 is 16.9 Å². The lowest BCUT2D eigenvalue weighted by Gasteiger charge is -2.32. The average Bonchev–Trinajstić information content (AvgIpc) is 3.81. The van der Waals surface area contributed by atoms with E-state index in [2.05, 4.69) is 37.5 Å². The van der Waals surface area contributed by atoms with Crippen LogP contribution in [0.5, 0.6) is 0 Å². The molecule has 0 radical (unpaired) electrons. The SMILES string of the molecule is CC1(C)OB(c2cccc(COCC(F)(F)F)c2)OC1(C)C.Nc1cc(-c2cccc(COCC(F)(F)F)c2)n(-c2ccc(F)cc2)n1.Nc1cc(I)n(-c2ccc(F)cc2)n1. The molecule has 0 atom stereocenters. The Morgan fingerprint density at radius 1 is 0.629 bits per heavy atom. The minimum Gasteiger partial charge on any atom is -0.399 e. The van der Waals surface area contributed by atoms with Crippen molar-refractivity contribution in [3.05, 3.63) is 136 Å². The van der Waals surface area contributed by atoms with Crippen LogP contribution in [0, 0.1) is 15.3 Å². The first kappa shape index (κ1) is 48.0. The molecule has 1 saturated heterocycles. The summed E-state index contributed by atoms with van der Waals surface area (Å²) in [5.41, 5.74) is 15.2. The number of hydrogen-bond acceptors (Lipinski definition) is 8. The number of alkyl halides is 6. The predicted molar refractivity (Wildman–Crippen MR) is 228 cm³/mol. The molecule has 0 spiro atoms. The zero-order valence-electron chi connectivity index (χ0n) is 33.8. The maximum absolute atomic E-state index is 13.1. The van der Waals surface area contributed by atoms with Crippen LogP contribution in [0.25, 0.3) is 22.6 Å². The predicted octanol–water partition coefficient (Wildman–Crippen LogP) is 9.60. The molecule has 0 amide bonds. The fraction of sp³-hybridized carbons (Fsp3) is 0.286. The number of nitrogen functional groups attached to an aromatic ring is 2. The number of aromatic nitrogens is 4. The van der Waals surface area contributed by atoms with Crippen LogP contribution in [0.2, 0.25) is 0 Å². The molecule has 1 aliphatic rings. The van der Waals surface area contributed by atoms with E-state index < -0.39 is 43.9 Å². The molecule has 0 bridgehead atoms. The molecule has 4 aromatic carbocycles. The van der Waals surface area contributed by atoms with Crippen LogP contribution >= 0.6 is 22.6 Å². The van der Waals surface area contributed by atoms with E-state index in [9.17, 15) is 35.1 Å². The van der Waals surface area contributed by atoms with E-state index in [1.165, 1.54) is 24.3 Å². The Balaban J connectivity index is 0.000000183. The molecule has 0 aliphatic carbocycles. The normalized spacial score (nSPS) is 14.5. The second-order valence-electron chi connectivity index (χ2n) is 14.9. The van der Waals surface area contributed by atoms with E-state index >= 15 is 0 Å². The number of benzene rings is 4. The van der Waals surface area contributed by atoms with Crippen LogP contribution in [0.3, 0.4) is 0 Å². The van der Waals surface area contributed by atoms with Crippen LogP contribution in [-0.2, 0) is 32.0 Å². The van der Waals surface area contributed by atoms with Gasteiger partial charge in [0.15, 0.2) is 0 Å². The quantitative estimate of drug-likeness (QED) is 0.0791. The van der Waals surface area contributed by atoms with Crippen molar-refractivity contribution < 1.29 is 53.9 Å². The van der Waals surface area contributed by atoms with Gasteiger partial charge in [0.05, 0.1) is 41.5 Å². The van der Waals surface area contributed by atoms with Crippen LogP contribution in [0.4, 0.5) is 46.8 Å². The minimum absolute atomic E-state index is 0.104. The highest BCUT2D eigenvalue weighted by Crippen LogP contribution is 2.36. The van der Waals surface area contributed by atoms with Gasteiger partial charge in [-0.3, -0.25) is 0 Å². The number of ether oxygens (including phenoxy) is 2. The molecule has 62 heavy (non-hydrogen) atoms. The van der Waals surface area contributed by atoms with E-state index in [1.807, 2.05) is 33.8 Å². The summed E-state index contributed by atoms with van der Waals surface area (Å²) < 4.78 is 124. The van der Waals surface area contributed by atoms with E-state index in [4.69, 9.17) is 25.5 Å². The largest absolute Gasteiger partial charge is 0.494 e. The smallest absolute Gasteiger partial charge is 0.399 e. The van der Waals surface area contributed by atoms with Gasteiger partial charge in [0, 0.05) is 17.7 Å².